The summed E-state index contributed by atoms with van der Waals surface area (Å²) >= 11 is 0. The quantitative estimate of drug-likeness (QED) is 0.372. The number of likely N-dealkylation sites (N-methyl/N-ethyl adjacent to an activating group) is 1. The van der Waals surface area contributed by atoms with Crippen LogP contribution in [0.1, 0.15) is 13.8 Å². The maximum atomic E-state index is 13.5. The van der Waals surface area contributed by atoms with Gasteiger partial charge in [0.05, 0.1) is 6.54 Å². The van der Waals surface area contributed by atoms with Crippen molar-refractivity contribution in [3.05, 3.63) is 30.1 Å². The number of hydrogen-bond acceptors (Lipinski definition) is 3. The Morgan fingerprint density at radius 3 is 2.65 bits per heavy atom. The molecule has 1 aromatic carbocycles. The molecule has 7 heteroatoms. The van der Waals surface area contributed by atoms with Gasteiger partial charge in [0.2, 0.25) is 0 Å². The lowest BCUT2D eigenvalue weighted by atomic mass is 10.3. The van der Waals surface area contributed by atoms with Crippen molar-refractivity contribution in [2.24, 2.45) is 4.99 Å². The van der Waals surface area contributed by atoms with E-state index in [0.717, 1.165) is 19.6 Å². The van der Waals surface area contributed by atoms with Crippen LogP contribution >= 0.6 is 24.0 Å². The van der Waals surface area contributed by atoms with Gasteiger partial charge < -0.3 is 20.3 Å². The number of guanidine groups is 1. The van der Waals surface area contributed by atoms with Gasteiger partial charge in [-0.1, -0.05) is 19.1 Å². The fourth-order valence-electron chi connectivity index (χ4n) is 1.78. The molecule has 0 saturated carbocycles. The third-order valence-corrected chi connectivity index (χ3v) is 3.27. The lowest BCUT2D eigenvalue weighted by Crippen LogP contribution is -2.44. The molecule has 1 atom stereocenters. The first-order valence-electron chi connectivity index (χ1n) is 7.61. The van der Waals surface area contributed by atoms with Gasteiger partial charge in [0, 0.05) is 20.1 Å². The van der Waals surface area contributed by atoms with Gasteiger partial charge in [-0.05, 0) is 32.6 Å². The fraction of sp³-hybridized carbons (Fsp3) is 0.562. The zero-order valence-corrected chi connectivity index (χ0v) is 16.6. The van der Waals surface area contributed by atoms with Gasteiger partial charge in [-0.3, -0.25) is 4.99 Å². The van der Waals surface area contributed by atoms with Gasteiger partial charge in [-0.15, -0.1) is 24.0 Å². The van der Waals surface area contributed by atoms with Crippen LogP contribution in [0.2, 0.25) is 0 Å². The summed E-state index contributed by atoms with van der Waals surface area (Å²) in [6, 6.07) is 6.41. The largest absolute Gasteiger partial charge is 0.486 e. The highest BCUT2D eigenvalue weighted by Gasteiger charge is 2.08. The third-order valence-electron chi connectivity index (χ3n) is 3.27. The third kappa shape index (κ3) is 8.95. The van der Waals surface area contributed by atoms with Crippen LogP contribution in [0.25, 0.3) is 0 Å². The standard InChI is InChI=1S/C16H27FN4O.HI/c1-5-21(4)11-10-19-16(18-3)20-12-13(2)22-15-9-7-6-8-14(15)17;/h6-9,13H,5,10-12H2,1-4H3,(H2,18,19,20);1H. The van der Waals surface area contributed by atoms with Crippen LogP contribution in [0.5, 0.6) is 5.75 Å². The molecule has 0 aliphatic heterocycles. The lowest BCUT2D eigenvalue weighted by molar-refractivity contribution is 0.214. The molecular weight excluding hydrogens is 410 g/mol. The van der Waals surface area contributed by atoms with E-state index < -0.39 is 0 Å². The number of halogens is 2. The average Bonchev–Trinajstić information content (AvgIpc) is 2.52. The minimum Gasteiger partial charge on any atom is -0.486 e. The summed E-state index contributed by atoms with van der Waals surface area (Å²) in [5.74, 6) is 0.636. The molecule has 0 aliphatic rings. The Labute approximate surface area is 155 Å². The van der Waals surface area contributed by atoms with Crippen molar-refractivity contribution < 1.29 is 9.13 Å². The molecule has 0 fully saturated rings. The molecule has 0 amide bonds. The molecular formula is C16H28FIN4O. The van der Waals surface area contributed by atoms with Crippen molar-refractivity contribution in [2.45, 2.75) is 20.0 Å². The van der Waals surface area contributed by atoms with E-state index in [9.17, 15) is 4.39 Å². The van der Waals surface area contributed by atoms with Crippen LogP contribution in [0.4, 0.5) is 4.39 Å². The van der Waals surface area contributed by atoms with E-state index in [1.54, 1.807) is 25.2 Å². The second-order valence-electron chi connectivity index (χ2n) is 5.13. The van der Waals surface area contributed by atoms with Crippen LogP contribution in [0.3, 0.4) is 0 Å². The van der Waals surface area contributed by atoms with Crippen LogP contribution in [-0.2, 0) is 0 Å². The number of rotatable bonds is 8. The predicted molar refractivity (Wildman–Crippen MR) is 104 cm³/mol. The van der Waals surface area contributed by atoms with E-state index in [0.29, 0.717) is 12.5 Å². The molecule has 0 spiro atoms. The minimum atomic E-state index is -0.348. The molecule has 1 aromatic rings. The Morgan fingerprint density at radius 2 is 2.04 bits per heavy atom. The van der Waals surface area contributed by atoms with Gasteiger partial charge in [-0.25, -0.2) is 4.39 Å². The van der Waals surface area contributed by atoms with E-state index in [4.69, 9.17) is 4.74 Å². The number of para-hydroxylation sites is 1. The number of hydrogen-bond donors (Lipinski definition) is 2. The Morgan fingerprint density at radius 1 is 1.35 bits per heavy atom. The monoisotopic (exact) mass is 438 g/mol. The van der Waals surface area contributed by atoms with E-state index >= 15 is 0 Å². The predicted octanol–water partition coefficient (Wildman–Crippen LogP) is 2.33. The number of nitrogens with one attached hydrogen (secondary N) is 2. The zero-order valence-electron chi connectivity index (χ0n) is 14.3. The van der Waals surface area contributed by atoms with Crippen molar-refractivity contribution in [1.82, 2.24) is 15.5 Å². The van der Waals surface area contributed by atoms with Crippen LogP contribution in [0, 0.1) is 5.82 Å². The van der Waals surface area contributed by atoms with Crippen molar-refractivity contribution in [1.29, 1.82) is 0 Å². The first-order chi connectivity index (χ1) is 10.6. The number of benzene rings is 1. The molecule has 0 bridgehead atoms. The minimum absolute atomic E-state index is 0. The summed E-state index contributed by atoms with van der Waals surface area (Å²) in [7, 11) is 3.80. The molecule has 0 radical (unpaired) electrons. The normalized spacial score (nSPS) is 12.5. The van der Waals surface area contributed by atoms with E-state index in [1.165, 1.54) is 6.07 Å². The van der Waals surface area contributed by atoms with Crippen molar-refractivity contribution in [2.75, 3.05) is 40.3 Å². The maximum Gasteiger partial charge on any atom is 0.191 e. The van der Waals surface area contributed by atoms with Gasteiger partial charge >= 0.3 is 0 Å². The summed E-state index contributed by atoms with van der Waals surface area (Å²) in [6.45, 7) is 7.32. The molecule has 1 rings (SSSR count). The van der Waals surface area contributed by atoms with Gasteiger partial charge in [0.1, 0.15) is 6.10 Å². The number of ether oxygens (including phenoxy) is 1. The Bertz CT molecular complexity index is 473. The fourth-order valence-corrected chi connectivity index (χ4v) is 1.78. The van der Waals surface area contributed by atoms with Gasteiger partial charge in [-0.2, -0.15) is 0 Å². The maximum absolute atomic E-state index is 13.5. The molecule has 132 valence electrons. The van der Waals surface area contributed by atoms with Crippen LogP contribution in [0.15, 0.2) is 29.3 Å². The number of aliphatic imine (C=N–C) groups is 1. The van der Waals surface area contributed by atoms with Crippen molar-refractivity contribution in [3.8, 4) is 5.75 Å². The second-order valence-corrected chi connectivity index (χ2v) is 5.13. The van der Waals surface area contributed by atoms with Crippen molar-refractivity contribution in [3.63, 3.8) is 0 Å². The van der Waals surface area contributed by atoms with Gasteiger partial charge in [0.25, 0.3) is 0 Å². The Hall–Kier alpha value is -1.09. The van der Waals surface area contributed by atoms with E-state index in [-0.39, 0.29) is 41.6 Å². The first-order valence-corrected chi connectivity index (χ1v) is 7.61. The number of nitrogens with zero attached hydrogens (tertiary/aromatic N) is 2. The van der Waals surface area contributed by atoms with Crippen molar-refractivity contribution >= 4 is 29.9 Å². The first kappa shape index (κ1) is 21.9. The molecule has 5 nitrogen and oxygen atoms in total. The highest BCUT2D eigenvalue weighted by atomic mass is 127. The Kier molecular flexibility index (Phi) is 11.8. The summed E-state index contributed by atoms with van der Waals surface area (Å²) < 4.78 is 19.1. The summed E-state index contributed by atoms with van der Waals surface area (Å²) in [5, 5.41) is 6.41. The van der Waals surface area contributed by atoms with Gasteiger partial charge in [0.15, 0.2) is 17.5 Å². The summed E-state index contributed by atoms with van der Waals surface area (Å²) in [6.07, 6.45) is -0.172. The molecule has 1 unspecified atom stereocenters. The summed E-state index contributed by atoms with van der Waals surface area (Å²) in [4.78, 5) is 6.37. The van der Waals surface area contributed by atoms with E-state index in [2.05, 4.69) is 34.5 Å². The molecule has 23 heavy (non-hydrogen) atoms. The zero-order chi connectivity index (χ0) is 16.4. The molecule has 0 aliphatic carbocycles. The Balaban J connectivity index is 0.00000484. The lowest BCUT2D eigenvalue weighted by Gasteiger charge is -2.19. The smallest absolute Gasteiger partial charge is 0.191 e. The molecule has 0 saturated heterocycles. The van der Waals surface area contributed by atoms with Crippen LogP contribution in [-0.4, -0.2) is 57.2 Å². The summed E-state index contributed by atoms with van der Waals surface area (Å²) in [5.41, 5.74) is 0. The topological polar surface area (TPSA) is 48.9 Å². The second kappa shape index (κ2) is 12.3. The SMILES string of the molecule is CCN(C)CCNC(=NC)NCC(C)Oc1ccccc1F.I. The molecule has 2 N–H and O–H groups in total. The average molecular weight is 438 g/mol. The molecule has 0 aromatic heterocycles. The van der Waals surface area contributed by atoms with E-state index in [1.807, 2.05) is 6.92 Å². The highest BCUT2D eigenvalue weighted by molar-refractivity contribution is 14.0. The highest BCUT2D eigenvalue weighted by Crippen LogP contribution is 2.16. The van der Waals surface area contributed by atoms with Crippen LogP contribution < -0.4 is 15.4 Å². The molecule has 0 heterocycles.